The zero-order valence-electron chi connectivity index (χ0n) is 10.2. The van der Waals surface area contributed by atoms with Crippen LogP contribution >= 0.6 is 11.3 Å². The first-order chi connectivity index (χ1) is 7.45. The quantitative estimate of drug-likeness (QED) is 0.861. The van der Waals surface area contributed by atoms with E-state index in [1.807, 2.05) is 50.4 Å². The number of rotatable bonds is 5. The summed E-state index contributed by atoms with van der Waals surface area (Å²) >= 11 is 1.62. The largest absolute Gasteiger partial charge is 0.481 e. The van der Waals surface area contributed by atoms with Crippen molar-refractivity contribution in [1.82, 2.24) is 4.90 Å². The maximum atomic E-state index is 11.4. The Morgan fingerprint density at radius 1 is 1.44 bits per heavy atom. The third-order valence-electron chi connectivity index (χ3n) is 2.73. The molecule has 0 aromatic carbocycles. The zero-order valence-corrected chi connectivity index (χ0v) is 11.0. The predicted octanol–water partition coefficient (Wildman–Crippen LogP) is 2.71. The van der Waals surface area contributed by atoms with Crippen molar-refractivity contribution in [3.05, 3.63) is 22.4 Å². The van der Waals surface area contributed by atoms with Crippen LogP contribution in [0, 0.1) is 11.8 Å². The Hall–Kier alpha value is -0.870. The van der Waals surface area contributed by atoms with Crippen molar-refractivity contribution in [2.24, 2.45) is 11.8 Å². The summed E-state index contributed by atoms with van der Waals surface area (Å²) in [5.74, 6) is -0.970. The van der Waals surface area contributed by atoms with E-state index >= 15 is 0 Å². The van der Waals surface area contributed by atoms with Crippen molar-refractivity contribution in [3.8, 4) is 0 Å². The summed E-state index contributed by atoms with van der Waals surface area (Å²) in [7, 11) is 3.87. The highest BCUT2D eigenvalue weighted by Crippen LogP contribution is 2.34. The van der Waals surface area contributed by atoms with Crippen LogP contribution in [0.5, 0.6) is 0 Å². The second-order valence-electron chi connectivity index (χ2n) is 4.53. The molecule has 90 valence electrons. The molecule has 0 spiro atoms. The number of carboxylic acid groups (broad SMARTS) is 1. The highest BCUT2D eigenvalue weighted by Gasteiger charge is 2.34. The summed E-state index contributed by atoms with van der Waals surface area (Å²) in [6, 6.07) is 3.93. The second kappa shape index (κ2) is 5.46. The first kappa shape index (κ1) is 13.2. The van der Waals surface area contributed by atoms with Gasteiger partial charge in [0, 0.05) is 4.88 Å². The molecule has 0 amide bonds. The van der Waals surface area contributed by atoms with Crippen LogP contribution in [0.3, 0.4) is 0 Å². The second-order valence-corrected chi connectivity index (χ2v) is 5.51. The molecule has 0 bridgehead atoms. The normalized spacial score (nSPS) is 15.4. The third kappa shape index (κ3) is 2.83. The fourth-order valence-electron chi connectivity index (χ4n) is 2.00. The Morgan fingerprint density at radius 3 is 2.38 bits per heavy atom. The van der Waals surface area contributed by atoms with Crippen LogP contribution in [0.15, 0.2) is 17.5 Å². The molecule has 3 nitrogen and oxygen atoms in total. The van der Waals surface area contributed by atoms with Gasteiger partial charge in [-0.15, -0.1) is 11.3 Å². The van der Waals surface area contributed by atoms with Gasteiger partial charge in [-0.05, 0) is 31.5 Å². The molecule has 1 aromatic heterocycles. The first-order valence-electron chi connectivity index (χ1n) is 5.37. The topological polar surface area (TPSA) is 40.5 Å². The van der Waals surface area contributed by atoms with Gasteiger partial charge >= 0.3 is 5.97 Å². The average Bonchev–Trinajstić information content (AvgIpc) is 2.64. The lowest BCUT2D eigenvalue weighted by Gasteiger charge is -2.31. The van der Waals surface area contributed by atoms with Gasteiger partial charge in [0.25, 0.3) is 0 Å². The maximum absolute atomic E-state index is 11.4. The number of carbonyl (C=O) groups is 1. The van der Waals surface area contributed by atoms with Crippen LogP contribution < -0.4 is 0 Å². The molecule has 0 saturated carbocycles. The lowest BCUT2D eigenvalue weighted by molar-refractivity contribution is -0.146. The number of hydrogen-bond acceptors (Lipinski definition) is 3. The van der Waals surface area contributed by atoms with Crippen molar-refractivity contribution < 1.29 is 9.90 Å². The Labute approximate surface area is 101 Å². The van der Waals surface area contributed by atoms with Crippen LogP contribution in [0.25, 0.3) is 0 Å². The molecule has 0 radical (unpaired) electrons. The van der Waals surface area contributed by atoms with Gasteiger partial charge in [0.15, 0.2) is 0 Å². The Balaban J connectivity index is 3.05. The minimum Gasteiger partial charge on any atom is -0.481 e. The van der Waals surface area contributed by atoms with E-state index in [-0.39, 0.29) is 17.9 Å². The standard InChI is InChI=1S/C12H19NO2S/c1-8(2)10(12(14)15)11(13(3)4)9-6-5-7-16-9/h5-8,10-11H,1-4H3,(H,14,15). The van der Waals surface area contributed by atoms with Gasteiger partial charge in [0.05, 0.1) is 12.0 Å². The molecule has 0 fully saturated rings. The van der Waals surface area contributed by atoms with E-state index in [9.17, 15) is 9.90 Å². The van der Waals surface area contributed by atoms with Crippen LogP contribution in [0.1, 0.15) is 24.8 Å². The van der Waals surface area contributed by atoms with Crippen LogP contribution in [-0.4, -0.2) is 30.1 Å². The van der Waals surface area contributed by atoms with Crippen molar-refractivity contribution >= 4 is 17.3 Å². The van der Waals surface area contributed by atoms with Gasteiger partial charge in [0.2, 0.25) is 0 Å². The van der Waals surface area contributed by atoms with Gasteiger partial charge < -0.3 is 10.0 Å². The van der Waals surface area contributed by atoms with E-state index in [0.717, 1.165) is 4.88 Å². The molecular weight excluding hydrogens is 222 g/mol. The maximum Gasteiger partial charge on any atom is 0.308 e. The summed E-state index contributed by atoms with van der Waals surface area (Å²) in [5.41, 5.74) is 0. The smallest absolute Gasteiger partial charge is 0.308 e. The highest BCUT2D eigenvalue weighted by molar-refractivity contribution is 7.10. The van der Waals surface area contributed by atoms with Crippen molar-refractivity contribution in [3.63, 3.8) is 0 Å². The van der Waals surface area contributed by atoms with Crippen LogP contribution in [-0.2, 0) is 4.79 Å². The van der Waals surface area contributed by atoms with Crippen molar-refractivity contribution in [2.45, 2.75) is 19.9 Å². The Kier molecular flexibility index (Phi) is 4.50. The molecule has 0 aliphatic heterocycles. The van der Waals surface area contributed by atoms with Gasteiger partial charge in [0.1, 0.15) is 0 Å². The first-order valence-corrected chi connectivity index (χ1v) is 6.25. The Morgan fingerprint density at radius 2 is 2.06 bits per heavy atom. The van der Waals surface area contributed by atoms with Gasteiger partial charge in [-0.3, -0.25) is 4.79 Å². The minimum atomic E-state index is -0.720. The van der Waals surface area contributed by atoms with Crippen molar-refractivity contribution in [1.29, 1.82) is 0 Å². The van der Waals surface area contributed by atoms with E-state index < -0.39 is 5.97 Å². The van der Waals surface area contributed by atoms with E-state index in [1.54, 1.807) is 11.3 Å². The lowest BCUT2D eigenvalue weighted by Crippen LogP contribution is -2.35. The highest BCUT2D eigenvalue weighted by atomic mass is 32.1. The zero-order chi connectivity index (χ0) is 12.3. The molecule has 1 aromatic rings. The molecule has 1 rings (SSSR count). The number of carboxylic acids is 1. The fraction of sp³-hybridized carbons (Fsp3) is 0.583. The fourth-order valence-corrected chi connectivity index (χ4v) is 2.97. The minimum absolute atomic E-state index is 0.0440. The molecule has 1 N–H and O–H groups in total. The molecule has 16 heavy (non-hydrogen) atoms. The number of aliphatic carboxylic acids is 1. The third-order valence-corrected chi connectivity index (χ3v) is 3.68. The van der Waals surface area contributed by atoms with E-state index in [0.29, 0.717) is 0 Å². The van der Waals surface area contributed by atoms with Crippen LogP contribution in [0.4, 0.5) is 0 Å². The van der Waals surface area contributed by atoms with Gasteiger partial charge in [-0.2, -0.15) is 0 Å². The van der Waals surface area contributed by atoms with Gasteiger partial charge in [-0.1, -0.05) is 19.9 Å². The molecule has 0 saturated heterocycles. The monoisotopic (exact) mass is 241 g/mol. The number of nitrogens with zero attached hydrogens (tertiary/aromatic N) is 1. The van der Waals surface area contributed by atoms with Gasteiger partial charge in [-0.25, -0.2) is 0 Å². The SMILES string of the molecule is CC(C)C(C(=O)O)C(c1cccs1)N(C)C. The molecule has 2 atom stereocenters. The lowest BCUT2D eigenvalue weighted by atomic mass is 9.87. The van der Waals surface area contributed by atoms with E-state index in [2.05, 4.69) is 0 Å². The molecule has 4 heteroatoms. The summed E-state index contributed by atoms with van der Waals surface area (Å²) < 4.78 is 0. The Bertz CT molecular complexity index is 333. The summed E-state index contributed by atoms with van der Waals surface area (Å²) in [4.78, 5) is 14.5. The molecular formula is C12H19NO2S. The molecule has 1 heterocycles. The number of thiophene rings is 1. The summed E-state index contributed by atoms with van der Waals surface area (Å²) in [6.07, 6.45) is 0. The van der Waals surface area contributed by atoms with Crippen molar-refractivity contribution in [2.75, 3.05) is 14.1 Å². The number of hydrogen-bond donors (Lipinski definition) is 1. The average molecular weight is 241 g/mol. The molecule has 2 unspecified atom stereocenters. The van der Waals surface area contributed by atoms with E-state index in [1.165, 1.54) is 0 Å². The molecule has 0 aliphatic rings. The van der Waals surface area contributed by atoms with E-state index in [4.69, 9.17) is 0 Å². The molecule has 0 aliphatic carbocycles. The van der Waals surface area contributed by atoms with Crippen LogP contribution in [0.2, 0.25) is 0 Å². The predicted molar refractivity (Wildman–Crippen MR) is 66.7 cm³/mol. The summed E-state index contributed by atoms with van der Waals surface area (Å²) in [5, 5.41) is 11.3. The summed E-state index contributed by atoms with van der Waals surface area (Å²) in [6.45, 7) is 3.92.